The number of alkyl halides is 2. The minimum Gasteiger partial charge on any atom is -0.434 e. The van der Waals surface area contributed by atoms with Crippen molar-refractivity contribution < 1.29 is 28.5 Å². The van der Waals surface area contributed by atoms with Crippen LogP contribution in [0.3, 0.4) is 0 Å². The summed E-state index contributed by atoms with van der Waals surface area (Å²) >= 11 is 0. The molecule has 2 N–H and O–H groups in total. The van der Waals surface area contributed by atoms with Crippen molar-refractivity contribution >= 4 is 35.1 Å². The van der Waals surface area contributed by atoms with Gasteiger partial charge in [0.1, 0.15) is 17.2 Å². The van der Waals surface area contributed by atoms with Crippen molar-refractivity contribution in [3.8, 4) is 5.75 Å². The van der Waals surface area contributed by atoms with Crippen LogP contribution in [0.4, 0.5) is 8.78 Å². The van der Waals surface area contributed by atoms with E-state index in [-0.39, 0.29) is 29.6 Å². The Morgan fingerprint density at radius 3 is 2.59 bits per heavy atom. The summed E-state index contributed by atoms with van der Waals surface area (Å²) in [4.78, 5) is 28.4. The standard InChI is InChI=1S/C30H33F2N5O4/c1-16(14-34-27(33-6)30(4,5)40)17-10-11-19-20(12-17)37-21-13-22(25(37)35-19)36(15-29(2,3)39)26(38)18-8-7-9-23(24(18)21)41-28(31)32/h7-12,14,21-22,28,39-40H,6,13,15H2,1-5H3/b16-14+,34-27-/t21-,22+/m1/s1. The first-order chi connectivity index (χ1) is 19.2. The number of hydrogen-bond donors (Lipinski definition) is 2. The Balaban J connectivity index is 1.70. The molecule has 41 heavy (non-hydrogen) atoms. The number of benzene rings is 2. The van der Waals surface area contributed by atoms with Crippen molar-refractivity contribution in [2.24, 2.45) is 9.98 Å². The molecule has 3 heterocycles. The smallest absolute Gasteiger partial charge is 0.387 e. The second-order valence-corrected chi connectivity index (χ2v) is 11.6. The van der Waals surface area contributed by atoms with E-state index in [0.29, 0.717) is 23.3 Å². The lowest BCUT2D eigenvalue weighted by Gasteiger charge is -2.33. The lowest BCUT2D eigenvalue weighted by molar-refractivity contribution is -0.0507. The number of carbonyl (C=O) groups excluding carboxylic acids is 1. The predicted molar refractivity (Wildman–Crippen MR) is 153 cm³/mol. The molecule has 0 radical (unpaired) electrons. The van der Waals surface area contributed by atoms with Gasteiger partial charge in [0.05, 0.1) is 28.7 Å². The quantitative estimate of drug-likeness (QED) is 0.305. The topological polar surface area (TPSA) is 113 Å². The highest BCUT2D eigenvalue weighted by Gasteiger charge is 2.47. The van der Waals surface area contributed by atoms with E-state index in [4.69, 9.17) is 9.72 Å². The molecule has 0 aliphatic carbocycles. The molecule has 1 aromatic heterocycles. The van der Waals surface area contributed by atoms with Gasteiger partial charge in [0, 0.05) is 30.3 Å². The molecular weight excluding hydrogens is 532 g/mol. The number of aromatic nitrogens is 2. The first-order valence-corrected chi connectivity index (χ1v) is 13.3. The van der Waals surface area contributed by atoms with Crippen LogP contribution in [0.15, 0.2) is 52.6 Å². The van der Waals surface area contributed by atoms with E-state index in [0.717, 1.165) is 16.7 Å². The largest absolute Gasteiger partial charge is 0.434 e. The number of allylic oxidation sites excluding steroid dienone is 1. The van der Waals surface area contributed by atoms with Gasteiger partial charge in [-0.05, 0) is 76.7 Å². The lowest BCUT2D eigenvalue weighted by Crippen LogP contribution is -2.43. The Morgan fingerprint density at radius 1 is 1.22 bits per heavy atom. The van der Waals surface area contributed by atoms with E-state index in [2.05, 4.69) is 16.7 Å². The maximum Gasteiger partial charge on any atom is 0.387 e. The Hall–Kier alpha value is -3.96. The van der Waals surface area contributed by atoms with Gasteiger partial charge in [-0.3, -0.25) is 4.79 Å². The number of amidine groups is 1. The molecule has 2 aliphatic rings. The molecule has 0 spiro atoms. The molecule has 2 aromatic carbocycles. The first-order valence-electron chi connectivity index (χ1n) is 13.3. The van der Waals surface area contributed by atoms with E-state index in [9.17, 15) is 23.8 Å². The molecule has 2 bridgehead atoms. The number of imidazole rings is 1. The number of fused-ring (bicyclic) bond motifs is 9. The number of aliphatic imine (C=N–C) groups is 2. The van der Waals surface area contributed by atoms with E-state index < -0.39 is 29.9 Å². The molecule has 2 aliphatic heterocycles. The van der Waals surface area contributed by atoms with Crippen LogP contribution in [0.2, 0.25) is 0 Å². The molecule has 0 unspecified atom stereocenters. The second kappa shape index (κ2) is 10.1. The van der Waals surface area contributed by atoms with Crippen LogP contribution < -0.4 is 4.74 Å². The van der Waals surface area contributed by atoms with Gasteiger partial charge in [0.25, 0.3) is 5.91 Å². The van der Waals surface area contributed by atoms with Crippen molar-refractivity contribution in [2.75, 3.05) is 6.54 Å². The lowest BCUT2D eigenvalue weighted by atomic mass is 9.97. The number of carbonyl (C=O) groups is 1. The number of aliphatic hydroxyl groups is 2. The van der Waals surface area contributed by atoms with Gasteiger partial charge in [-0.15, -0.1) is 0 Å². The molecule has 11 heteroatoms. The fraction of sp³-hybridized carbons (Fsp3) is 0.400. The Labute approximate surface area is 236 Å². The number of amides is 1. The van der Waals surface area contributed by atoms with Crippen LogP contribution in [-0.2, 0) is 0 Å². The number of ether oxygens (including phenoxy) is 1. The molecule has 2 atom stereocenters. The average Bonchev–Trinajstić information content (AvgIpc) is 3.39. The summed E-state index contributed by atoms with van der Waals surface area (Å²) in [5.41, 5.74) is 1.19. The van der Waals surface area contributed by atoms with E-state index >= 15 is 0 Å². The Morgan fingerprint density at radius 2 is 1.95 bits per heavy atom. The summed E-state index contributed by atoms with van der Waals surface area (Å²) in [6, 6.07) is 9.26. The van der Waals surface area contributed by atoms with Gasteiger partial charge in [-0.2, -0.15) is 8.78 Å². The summed E-state index contributed by atoms with van der Waals surface area (Å²) in [7, 11) is 0. The number of halogens is 2. The monoisotopic (exact) mass is 565 g/mol. The van der Waals surface area contributed by atoms with Crippen molar-refractivity contribution in [1.82, 2.24) is 14.5 Å². The molecule has 1 amide bonds. The molecule has 3 aromatic rings. The molecule has 0 saturated carbocycles. The first kappa shape index (κ1) is 28.6. The molecule has 0 saturated heterocycles. The van der Waals surface area contributed by atoms with Gasteiger partial charge in [0.2, 0.25) is 0 Å². The maximum absolute atomic E-state index is 13.8. The third-order valence-electron chi connectivity index (χ3n) is 7.35. The zero-order chi connectivity index (χ0) is 29.9. The van der Waals surface area contributed by atoms with Gasteiger partial charge < -0.3 is 24.4 Å². The van der Waals surface area contributed by atoms with Crippen LogP contribution in [0.25, 0.3) is 16.6 Å². The Bertz CT molecular complexity index is 1600. The van der Waals surface area contributed by atoms with Crippen molar-refractivity contribution in [3.05, 3.63) is 65.1 Å². The SMILES string of the molecule is C=N/C(=N\C=C(/C)c1ccc2nc3n(c2c1)[C@@H]1C[C@@H]3N(CC(C)(C)O)C(=O)c2cccc(OC(F)F)c21)C(C)(C)O. The number of hydrogen-bond acceptors (Lipinski definition) is 6. The van der Waals surface area contributed by atoms with Crippen LogP contribution in [0.1, 0.15) is 80.4 Å². The van der Waals surface area contributed by atoms with E-state index in [1.54, 1.807) is 44.9 Å². The van der Waals surface area contributed by atoms with E-state index in [1.807, 2.05) is 29.7 Å². The Kier molecular flexibility index (Phi) is 7.07. The van der Waals surface area contributed by atoms with Gasteiger partial charge in [-0.25, -0.2) is 15.0 Å². The van der Waals surface area contributed by atoms with Gasteiger partial charge >= 0.3 is 6.61 Å². The summed E-state index contributed by atoms with van der Waals surface area (Å²) in [5, 5.41) is 20.9. The maximum atomic E-state index is 13.8. The highest BCUT2D eigenvalue weighted by molar-refractivity contribution is 5.98. The summed E-state index contributed by atoms with van der Waals surface area (Å²) in [6.07, 6.45) is 1.99. The number of rotatable bonds is 7. The van der Waals surface area contributed by atoms with Crippen LogP contribution in [-0.4, -0.2) is 67.5 Å². The van der Waals surface area contributed by atoms with Crippen LogP contribution in [0, 0.1) is 0 Å². The van der Waals surface area contributed by atoms with Crippen LogP contribution in [0.5, 0.6) is 5.75 Å². The van der Waals surface area contributed by atoms with Crippen molar-refractivity contribution in [3.63, 3.8) is 0 Å². The average molecular weight is 566 g/mol. The summed E-state index contributed by atoms with van der Waals surface area (Å²) in [6.45, 7) is 8.69. The number of nitrogens with zero attached hydrogens (tertiary/aromatic N) is 5. The molecular formula is C30H33F2N5O4. The minimum absolute atomic E-state index is 0.0256. The predicted octanol–water partition coefficient (Wildman–Crippen LogP) is 5.13. The molecule has 9 nitrogen and oxygen atoms in total. The third kappa shape index (κ3) is 5.27. The van der Waals surface area contributed by atoms with Gasteiger partial charge in [0.15, 0.2) is 5.84 Å². The number of β-amino-alcohol motifs (C(OH)–C–C–N with tert-alkyl or cyclic N) is 1. The summed E-state index contributed by atoms with van der Waals surface area (Å²) in [5.74, 6) is 0.348. The molecule has 5 rings (SSSR count). The normalized spacial score (nSPS) is 19.5. The summed E-state index contributed by atoms with van der Waals surface area (Å²) < 4.78 is 33.8. The fourth-order valence-corrected chi connectivity index (χ4v) is 5.65. The van der Waals surface area contributed by atoms with E-state index in [1.165, 1.54) is 12.1 Å². The zero-order valence-electron chi connectivity index (χ0n) is 23.6. The fourth-order valence-electron chi connectivity index (χ4n) is 5.65. The highest BCUT2D eigenvalue weighted by atomic mass is 19.3. The van der Waals surface area contributed by atoms with Gasteiger partial charge in [-0.1, -0.05) is 12.1 Å². The van der Waals surface area contributed by atoms with Crippen molar-refractivity contribution in [1.29, 1.82) is 0 Å². The second-order valence-electron chi connectivity index (χ2n) is 11.6. The highest BCUT2D eigenvalue weighted by Crippen LogP contribution is 2.50. The third-order valence-corrected chi connectivity index (χ3v) is 7.35. The van der Waals surface area contributed by atoms with Crippen LogP contribution >= 0.6 is 0 Å². The molecule has 216 valence electrons. The van der Waals surface area contributed by atoms with Crippen molar-refractivity contribution in [2.45, 2.75) is 70.9 Å². The minimum atomic E-state index is -3.07. The molecule has 0 fully saturated rings. The zero-order valence-corrected chi connectivity index (χ0v) is 23.6.